The molecule has 0 aliphatic carbocycles. The van der Waals surface area contributed by atoms with Crippen LogP contribution in [0.2, 0.25) is 0 Å². The van der Waals surface area contributed by atoms with Crippen molar-refractivity contribution in [1.29, 1.82) is 0 Å². The van der Waals surface area contributed by atoms with Gasteiger partial charge in [-0.15, -0.1) is 0 Å². The van der Waals surface area contributed by atoms with E-state index in [0.29, 0.717) is 6.54 Å². The molecule has 0 saturated heterocycles. The van der Waals surface area contributed by atoms with Crippen molar-refractivity contribution >= 4 is 11.4 Å². The lowest BCUT2D eigenvalue weighted by Gasteiger charge is -2.06. The minimum atomic E-state index is -0.0459. The summed E-state index contributed by atoms with van der Waals surface area (Å²) in [7, 11) is 0. The van der Waals surface area contributed by atoms with Crippen molar-refractivity contribution in [1.82, 2.24) is 19.9 Å². The van der Waals surface area contributed by atoms with Crippen LogP contribution in [0.3, 0.4) is 0 Å². The summed E-state index contributed by atoms with van der Waals surface area (Å²) in [6.07, 6.45) is 3.54. The molecule has 3 aromatic heterocycles. The van der Waals surface area contributed by atoms with Gasteiger partial charge in [0.05, 0.1) is 23.1 Å². The Bertz CT molecular complexity index is 746. The van der Waals surface area contributed by atoms with Crippen LogP contribution in [-0.4, -0.2) is 20.5 Å². The number of nitrogens with zero attached hydrogens (tertiary/aromatic N) is 3. The molecule has 0 fully saturated rings. The van der Waals surface area contributed by atoms with E-state index in [9.17, 15) is 4.79 Å². The van der Waals surface area contributed by atoms with Crippen molar-refractivity contribution in [2.45, 2.75) is 13.5 Å². The minimum absolute atomic E-state index is 0.0459. The number of carbonyl (C=O) groups excluding carboxylic acids is 1. The quantitative estimate of drug-likeness (QED) is 0.789. The second kappa shape index (κ2) is 5.13. The van der Waals surface area contributed by atoms with Crippen molar-refractivity contribution in [3.63, 3.8) is 0 Å². The summed E-state index contributed by atoms with van der Waals surface area (Å²) in [5.74, 6) is -0.0459. The normalized spacial score (nSPS) is 10.7. The SMILES string of the molecule is CC(=O)NCc1ccc(-c2cccc3ccnn23)nc1. The lowest BCUT2D eigenvalue weighted by atomic mass is 10.2. The number of rotatable bonds is 3. The Morgan fingerprint density at radius 1 is 1.25 bits per heavy atom. The van der Waals surface area contributed by atoms with Crippen LogP contribution in [0.25, 0.3) is 16.9 Å². The van der Waals surface area contributed by atoms with Gasteiger partial charge in [0.1, 0.15) is 0 Å². The van der Waals surface area contributed by atoms with Crippen LogP contribution >= 0.6 is 0 Å². The van der Waals surface area contributed by atoms with E-state index in [1.807, 2.05) is 40.9 Å². The molecule has 3 heterocycles. The fourth-order valence-corrected chi connectivity index (χ4v) is 2.05. The van der Waals surface area contributed by atoms with E-state index >= 15 is 0 Å². The first-order valence-electron chi connectivity index (χ1n) is 6.36. The Morgan fingerprint density at radius 2 is 2.15 bits per heavy atom. The summed E-state index contributed by atoms with van der Waals surface area (Å²) in [6, 6.07) is 11.8. The number of hydrogen-bond acceptors (Lipinski definition) is 3. The highest BCUT2D eigenvalue weighted by molar-refractivity contribution is 5.72. The van der Waals surface area contributed by atoms with Crippen molar-refractivity contribution in [2.24, 2.45) is 0 Å². The number of carbonyl (C=O) groups is 1. The zero-order valence-electron chi connectivity index (χ0n) is 11.1. The number of aromatic nitrogens is 3. The number of amides is 1. The zero-order valence-corrected chi connectivity index (χ0v) is 11.1. The van der Waals surface area contributed by atoms with Crippen LogP contribution in [0.15, 0.2) is 48.8 Å². The van der Waals surface area contributed by atoms with Gasteiger partial charge in [-0.3, -0.25) is 9.78 Å². The van der Waals surface area contributed by atoms with Gasteiger partial charge in [-0.1, -0.05) is 12.1 Å². The average Bonchev–Trinajstić information content (AvgIpc) is 2.94. The predicted molar refractivity (Wildman–Crippen MR) is 75.9 cm³/mol. The summed E-state index contributed by atoms with van der Waals surface area (Å²) in [5, 5.41) is 7.05. The molecule has 0 aliphatic heterocycles. The molecule has 5 heteroatoms. The van der Waals surface area contributed by atoms with Gasteiger partial charge in [-0.05, 0) is 29.8 Å². The molecule has 5 nitrogen and oxygen atoms in total. The Hall–Kier alpha value is -2.69. The van der Waals surface area contributed by atoms with Gasteiger partial charge in [0.25, 0.3) is 0 Å². The number of nitrogens with one attached hydrogen (secondary N) is 1. The molecular formula is C15H14N4O. The molecule has 3 rings (SSSR count). The molecule has 1 amide bonds. The van der Waals surface area contributed by atoms with E-state index < -0.39 is 0 Å². The molecule has 0 radical (unpaired) electrons. The van der Waals surface area contributed by atoms with Crippen molar-refractivity contribution < 1.29 is 4.79 Å². The summed E-state index contributed by atoms with van der Waals surface area (Å²) in [4.78, 5) is 15.3. The van der Waals surface area contributed by atoms with Crippen LogP contribution < -0.4 is 5.32 Å². The molecule has 0 aromatic carbocycles. The molecule has 0 saturated carbocycles. The minimum Gasteiger partial charge on any atom is -0.352 e. The van der Waals surface area contributed by atoms with Gasteiger partial charge < -0.3 is 5.32 Å². The second-order valence-corrected chi connectivity index (χ2v) is 4.54. The maximum Gasteiger partial charge on any atom is 0.217 e. The monoisotopic (exact) mass is 266 g/mol. The highest BCUT2D eigenvalue weighted by Gasteiger charge is 2.05. The van der Waals surface area contributed by atoms with E-state index in [1.165, 1.54) is 6.92 Å². The summed E-state index contributed by atoms with van der Waals surface area (Å²) in [5.41, 5.74) is 3.80. The largest absolute Gasteiger partial charge is 0.352 e. The molecule has 0 aliphatic rings. The topological polar surface area (TPSA) is 59.3 Å². The van der Waals surface area contributed by atoms with Crippen LogP contribution in [0.5, 0.6) is 0 Å². The molecule has 0 atom stereocenters. The van der Waals surface area contributed by atoms with Crippen molar-refractivity contribution in [3.05, 3.63) is 54.4 Å². The highest BCUT2D eigenvalue weighted by atomic mass is 16.1. The average molecular weight is 266 g/mol. The maximum atomic E-state index is 10.9. The molecule has 0 unspecified atom stereocenters. The molecule has 0 spiro atoms. The summed E-state index contributed by atoms with van der Waals surface area (Å²) < 4.78 is 1.86. The van der Waals surface area contributed by atoms with E-state index in [-0.39, 0.29) is 5.91 Å². The molecular weight excluding hydrogens is 252 g/mol. The third-order valence-corrected chi connectivity index (χ3v) is 3.05. The predicted octanol–water partition coefficient (Wildman–Crippen LogP) is 2.03. The van der Waals surface area contributed by atoms with Gasteiger partial charge in [0.2, 0.25) is 5.91 Å². The standard InChI is InChI=1S/C15H14N4O/c1-11(20)16-9-12-5-6-14(17-10-12)15-4-2-3-13-7-8-18-19(13)15/h2-8,10H,9H2,1H3,(H,16,20). The van der Waals surface area contributed by atoms with Gasteiger partial charge in [-0.2, -0.15) is 5.10 Å². The molecule has 100 valence electrons. The fraction of sp³-hybridized carbons (Fsp3) is 0.133. The van der Waals surface area contributed by atoms with Crippen LogP contribution in [0, 0.1) is 0 Å². The maximum absolute atomic E-state index is 10.9. The van der Waals surface area contributed by atoms with Gasteiger partial charge in [0.15, 0.2) is 0 Å². The first-order chi connectivity index (χ1) is 9.74. The second-order valence-electron chi connectivity index (χ2n) is 4.54. The Morgan fingerprint density at radius 3 is 2.90 bits per heavy atom. The van der Waals surface area contributed by atoms with E-state index in [2.05, 4.69) is 15.4 Å². The van der Waals surface area contributed by atoms with Crippen LogP contribution in [-0.2, 0) is 11.3 Å². The summed E-state index contributed by atoms with van der Waals surface area (Å²) in [6.45, 7) is 1.99. The number of pyridine rings is 2. The first kappa shape index (κ1) is 12.3. The van der Waals surface area contributed by atoms with Crippen LogP contribution in [0.4, 0.5) is 0 Å². The Labute approximate surface area is 116 Å². The van der Waals surface area contributed by atoms with Crippen LogP contribution in [0.1, 0.15) is 12.5 Å². The lowest BCUT2D eigenvalue weighted by Crippen LogP contribution is -2.18. The van der Waals surface area contributed by atoms with Gasteiger partial charge in [0, 0.05) is 19.7 Å². The fourth-order valence-electron chi connectivity index (χ4n) is 2.05. The molecule has 1 N–H and O–H groups in total. The lowest BCUT2D eigenvalue weighted by molar-refractivity contribution is -0.119. The smallest absolute Gasteiger partial charge is 0.217 e. The van der Waals surface area contributed by atoms with Gasteiger partial charge >= 0.3 is 0 Å². The Kier molecular flexibility index (Phi) is 3.16. The van der Waals surface area contributed by atoms with Crippen molar-refractivity contribution in [3.8, 4) is 11.4 Å². The molecule has 3 aromatic rings. The van der Waals surface area contributed by atoms with Crippen molar-refractivity contribution in [2.75, 3.05) is 0 Å². The van der Waals surface area contributed by atoms with E-state index in [4.69, 9.17) is 0 Å². The molecule has 0 bridgehead atoms. The summed E-state index contributed by atoms with van der Waals surface area (Å²) >= 11 is 0. The zero-order chi connectivity index (χ0) is 13.9. The van der Waals surface area contributed by atoms with E-state index in [1.54, 1.807) is 12.4 Å². The van der Waals surface area contributed by atoms with Gasteiger partial charge in [-0.25, -0.2) is 4.52 Å². The Balaban J connectivity index is 1.91. The van der Waals surface area contributed by atoms with E-state index in [0.717, 1.165) is 22.5 Å². The number of fused-ring (bicyclic) bond motifs is 1. The molecule has 20 heavy (non-hydrogen) atoms. The number of hydrogen-bond donors (Lipinski definition) is 1. The third-order valence-electron chi connectivity index (χ3n) is 3.05. The highest BCUT2D eigenvalue weighted by Crippen LogP contribution is 2.18. The first-order valence-corrected chi connectivity index (χ1v) is 6.36. The third kappa shape index (κ3) is 2.38.